The standard InChI is InChI=1S/C12H16N4OS/c1-8(2)17-11-6-9(4-5-10(11)13)18-12-14-7-15-16(12)3/h4-8H,13H2,1-3H3. The normalized spacial score (nSPS) is 10.9. The van der Waals surface area contributed by atoms with Crippen LogP contribution in [0.25, 0.3) is 0 Å². The topological polar surface area (TPSA) is 66.0 Å². The fraction of sp³-hybridized carbons (Fsp3) is 0.333. The molecule has 0 atom stereocenters. The first kappa shape index (κ1) is 12.8. The maximum absolute atomic E-state index is 5.87. The van der Waals surface area contributed by atoms with Crippen molar-refractivity contribution in [2.24, 2.45) is 7.05 Å². The lowest BCUT2D eigenvalue weighted by Gasteiger charge is -2.13. The van der Waals surface area contributed by atoms with E-state index in [-0.39, 0.29) is 6.10 Å². The van der Waals surface area contributed by atoms with Crippen molar-refractivity contribution in [3.05, 3.63) is 24.5 Å². The van der Waals surface area contributed by atoms with Crippen LogP contribution in [-0.2, 0) is 7.05 Å². The maximum atomic E-state index is 5.87. The smallest absolute Gasteiger partial charge is 0.190 e. The van der Waals surface area contributed by atoms with Gasteiger partial charge in [0.25, 0.3) is 0 Å². The van der Waals surface area contributed by atoms with Gasteiger partial charge in [-0.2, -0.15) is 5.10 Å². The van der Waals surface area contributed by atoms with E-state index in [1.54, 1.807) is 4.68 Å². The van der Waals surface area contributed by atoms with Crippen LogP contribution in [0.4, 0.5) is 5.69 Å². The first-order valence-electron chi connectivity index (χ1n) is 5.64. The Morgan fingerprint density at radius 3 is 2.78 bits per heavy atom. The van der Waals surface area contributed by atoms with Gasteiger partial charge in [-0.05, 0) is 32.0 Å². The summed E-state index contributed by atoms with van der Waals surface area (Å²) >= 11 is 1.52. The Morgan fingerprint density at radius 2 is 2.17 bits per heavy atom. The number of benzene rings is 1. The van der Waals surface area contributed by atoms with E-state index in [0.29, 0.717) is 11.4 Å². The highest BCUT2D eigenvalue weighted by Gasteiger charge is 2.08. The van der Waals surface area contributed by atoms with Gasteiger partial charge in [-0.15, -0.1) is 0 Å². The molecule has 0 saturated carbocycles. The molecule has 0 amide bonds. The lowest BCUT2D eigenvalue weighted by molar-refractivity contribution is 0.243. The van der Waals surface area contributed by atoms with Gasteiger partial charge in [-0.25, -0.2) is 9.67 Å². The van der Waals surface area contributed by atoms with E-state index in [9.17, 15) is 0 Å². The summed E-state index contributed by atoms with van der Waals surface area (Å²) in [7, 11) is 1.86. The van der Waals surface area contributed by atoms with E-state index in [1.807, 2.05) is 39.1 Å². The van der Waals surface area contributed by atoms with Crippen LogP contribution in [0.3, 0.4) is 0 Å². The quantitative estimate of drug-likeness (QED) is 0.859. The van der Waals surface area contributed by atoms with E-state index < -0.39 is 0 Å². The van der Waals surface area contributed by atoms with Gasteiger partial charge in [0.1, 0.15) is 12.1 Å². The number of aryl methyl sites for hydroxylation is 1. The molecule has 2 aromatic rings. The Morgan fingerprint density at radius 1 is 1.39 bits per heavy atom. The van der Waals surface area contributed by atoms with Crippen molar-refractivity contribution >= 4 is 17.4 Å². The number of hydrogen-bond donors (Lipinski definition) is 1. The van der Waals surface area contributed by atoms with Crippen LogP contribution in [0.5, 0.6) is 5.75 Å². The molecule has 1 heterocycles. The van der Waals surface area contributed by atoms with Crippen molar-refractivity contribution in [3.63, 3.8) is 0 Å². The van der Waals surface area contributed by atoms with Crippen molar-refractivity contribution in [3.8, 4) is 5.75 Å². The molecule has 0 bridgehead atoms. The minimum absolute atomic E-state index is 0.0994. The molecule has 1 aromatic carbocycles. The van der Waals surface area contributed by atoms with Crippen LogP contribution in [0.1, 0.15) is 13.8 Å². The molecule has 96 valence electrons. The lowest BCUT2D eigenvalue weighted by atomic mass is 10.3. The average molecular weight is 264 g/mol. The molecule has 0 saturated heterocycles. The van der Waals surface area contributed by atoms with Crippen LogP contribution >= 0.6 is 11.8 Å². The Labute approximate surface area is 110 Å². The molecule has 2 rings (SSSR count). The predicted molar refractivity (Wildman–Crippen MR) is 71.7 cm³/mol. The van der Waals surface area contributed by atoms with E-state index in [1.165, 1.54) is 18.1 Å². The van der Waals surface area contributed by atoms with Gasteiger partial charge in [-0.1, -0.05) is 11.8 Å². The highest BCUT2D eigenvalue weighted by atomic mass is 32.2. The highest BCUT2D eigenvalue weighted by Crippen LogP contribution is 2.32. The van der Waals surface area contributed by atoms with Crippen LogP contribution in [0, 0.1) is 0 Å². The minimum Gasteiger partial charge on any atom is -0.489 e. The zero-order chi connectivity index (χ0) is 13.1. The second kappa shape index (κ2) is 5.30. The molecule has 5 nitrogen and oxygen atoms in total. The zero-order valence-electron chi connectivity index (χ0n) is 10.6. The van der Waals surface area contributed by atoms with E-state index in [2.05, 4.69) is 10.1 Å². The fourth-order valence-corrected chi connectivity index (χ4v) is 2.21. The van der Waals surface area contributed by atoms with Crippen molar-refractivity contribution in [2.45, 2.75) is 30.0 Å². The van der Waals surface area contributed by atoms with Gasteiger partial charge < -0.3 is 10.5 Å². The average Bonchev–Trinajstić information content (AvgIpc) is 2.69. The molecule has 0 spiro atoms. The Hall–Kier alpha value is -1.69. The van der Waals surface area contributed by atoms with E-state index in [4.69, 9.17) is 10.5 Å². The van der Waals surface area contributed by atoms with Gasteiger partial charge >= 0.3 is 0 Å². The number of nitrogens with zero attached hydrogens (tertiary/aromatic N) is 3. The SMILES string of the molecule is CC(C)Oc1cc(Sc2ncnn2C)ccc1N. The van der Waals surface area contributed by atoms with Crippen molar-refractivity contribution in [1.82, 2.24) is 14.8 Å². The molecule has 1 aromatic heterocycles. The van der Waals surface area contributed by atoms with Crippen molar-refractivity contribution < 1.29 is 4.74 Å². The summed E-state index contributed by atoms with van der Waals surface area (Å²) < 4.78 is 7.38. The molecule has 18 heavy (non-hydrogen) atoms. The van der Waals surface area contributed by atoms with Gasteiger partial charge in [-0.3, -0.25) is 0 Å². The Balaban J connectivity index is 2.22. The van der Waals surface area contributed by atoms with Gasteiger partial charge in [0.2, 0.25) is 0 Å². The van der Waals surface area contributed by atoms with Crippen LogP contribution in [0.2, 0.25) is 0 Å². The molecule has 0 fully saturated rings. The van der Waals surface area contributed by atoms with Gasteiger partial charge in [0.05, 0.1) is 11.8 Å². The van der Waals surface area contributed by atoms with E-state index >= 15 is 0 Å². The van der Waals surface area contributed by atoms with Crippen molar-refractivity contribution in [2.75, 3.05) is 5.73 Å². The third kappa shape index (κ3) is 2.95. The third-order valence-corrected chi connectivity index (χ3v) is 3.27. The maximum Gasteiger partial charge on any atom is 0.190 e. The highest BCUT2D eigenvalue weighted by molar-refractivity contribution is 7.99. The summed E-state index contributed by atoms with van der Waals surface area (Å²) in [6, 6.07) is 5.72. The molecule has 0 aliphatic carbocycles. The minimum atomic E-state index is 0.0994. The second-order valence-electron chi connectivity index (χ2n) is 4.13. The van der Waals surface area contributed by atoms with Gasteiger partial charge in [0, 0.05) is 11.9 Å². The third-order valence-electron chi connectivity index (χ3n) is 2.23. The van der Waals surface area contributed by atoms with Crippen molar-refractivity contribution in [1.29, 1.82) is 0 Å². The van der Waals surface area contributed by atoms with Crippen LogP contribution < -0.4 is 10.5 Å². The Bertz CT molecular complexity index is 539. The fourth-order valence-electron chi connectivity index (χ4n) is 1.42. The summed E-state index contributed by atoms with van der Waals surface area (Å²) in [5.74, 6) is 0.706. The molecular weight excluding hydrogens is 248 g/mol. The Kier molecular flexibility index (Phi) is 3.76. The number of anilines is 1. The number of ether oxygens (including phenoxy) is 1. The number of nitrogen functional groups attached to an aromatic ring is 1. The second-order valence-corrected chi connectivity index (χ2v) is 5.18. The van der Waals surface area contributed by atoms with Crippen LogP contribution in [0.15, 0.2) is 34.6 Å². The summed E-state index contributed by atoms with van der Waals surface area (Å²) in [5, 5.41) is 4.86. The molecule has 0 aliphatic rings. The summed E-state index contributed by atoms with van der Waals surface area (Å²) in [6.07, 6.45) is 1.63. The summed E-state index contributed by atoms with van der Waals surface area (Å²) in [4.78, 5) is 5.19. The molecule has 0 radical (unpaired) electrons. The zero-order valence-corrected chi connectivity index (χ0v) is 11.4. The molecule has 0 unspecified atom stereocenters. The first-order chi connectivity index (χ1) is 8.56. The summed E-state index contributed by atoms with van der Waals surface area (Å²) in [5.41, 5.74) is 6.52. The molecule has 2 N–H and O–H groups in total. The number of nitrogens with two attached hydrogens (primary N) is 1. The molecular formula is C12H16N4OS. The molecule has 0 aliphatic heterocycles. The lowest BCUT2D eigenvalue weighted by Crippen LogP contribution is -2.07. The van der Waals surface area contributed by atoms with Crippen LogP contribution in [-0.4, -0.2) is 20.9 Å². The molecule has 6 heteroatoms. The first-order valence-corrected chi connectivity index (χ1v) is 6.46. The van der Waals surface area contributed by atoms with E-state index in [0.717, 1.165) is 10.1 Å². The predicted octanol–water partition coefficient (Wildman–Crippen LogP) is 2.34. The number of hydrogen-bond acceptors (Lipinski definition) is 5. The number of rotatable bonds is 4. The summed E-state index contributed by atoms with van der Waals surface area (Å²) in [6.45, 7) is 3.95. The monoisotopic (exact) mass is 264 g/mol. The largest absolute Gasteiger partial charge is 0.489 e. The number of aromatic nitrogens is 3. The van der Waals surface area contributed by atoms with Gasteiger partial charge in [0.15, 0.2) is 5.16 Å².